The second-order valence-corrected chi connectivity index (χ2v) is 9.08. The number of hydrogen-bond donors (Lipinski definition) is 3. The Labute approximate surface area is 210 Å². The number of carbonyl (C=O) groups is 2. The standard InChI is InChI=1S/C17H18O3.C13H10O3/c1-17(2,3)12-8-10-13(11-9-12)20-16(19)14-6-4-5-7-15(14)18;14-10-5-3-4-9(8-10)11-6-1-2-7-12(11)13(15)16/h4-11,18H,1-3H3;1-8,14H,(H,15,16). The van der Waals surface area contributed by atoms with Crippen molar-refractivity contribution in [3.8, 4) is 28.4 Å². The number of carbonyl (C=O) groups excluding carboxylic acids is 1. The summed E-state index contributed by atoms with van der Waals surface area (Å²) in [5.74, 6) is -1.03. The molecule has 4 rings (SSSR count). The van der Waals surface area contributed by atoms with Gasteiger partial charge in [0.25, 0.3) is 0 Å². The van der Waals surface area contributed by atoms with Crippen molar-refractivity contribution in [3.05, 3.63) is 114 Å². The Balaban J connectivity index is 0.000000205. The fourth-order valence-corrected chi connectivity index (χ4v) is 3.43. The molecule has 0 atom stereocenters. The molecule has 0 amide bonds. The summed E-state index contributed by atoms with van der Waals surface area (Å²) >= 11 is 0. The van der Waals surface area contributed by atoms with Crippen molar-refractivity contribution < 1.29 is 29.6 Å². The highest BCUT2D eigenvalue weighted by atomic mass is 16.5. The molecule has 0 aliphatic heterocycles. The van der Waals surface area contributed by atoms with Crippen LogP contribution in [-0.4, -0.2) is 27.3 Å². The maximum Gasteiger partial charge on any atom is 0.347 e. The lowest BCUT2D eigenvalue weighted by Gasteiger charge is -2.19. The number of benzene rings is 4. The van der Waals surface area contributed by atoms with Crippen LogP contribution in [0.3, 0.4) is 0 Å². The molecule has 4 aromatic rings. The average Bonchev–Trinajstić information content (AvgIpc) is 2.84. The van der Waals surface area contributed by atoms with E-state index in [1.165, 1.54) is 17.7 Å². The molecule has 0 radical (unpaired) electrons. The zero-order chi connectivity index (χ0) is 26.3. The summed E-state index contributed by atoms with van der Waals surface area (Å²) in [6, 6.07) is 27.0. The number of aromatic hydroxyl groups is 2. The molecular weight excluding hydrogens is 456 g/mol. The SMILES string of the molecule is CC(C)(C)c1ccc(OC(=O)c2ccccc2O)cc1.O=C(O)c1ccccc1-c1cccc(O)c1. The van der Waals surface area contributed by atoms with Crippen LogP contribution in [0.4, 0.5) is 0 Å². The van der Waals surface area contributed by atoms with Crippen LogP contribution in [0.1, 0.15) is 47.1 Å². The first-order chi connectivity index (χ1) is 17.1. The van der Waals surface area contributed by atoms with E-state index in [9.17, 15) is 19.8 Å². The number of esters is 1. The van der Waals surface area contributed by atoms with Gasteiger partial charge in [0.05, 0.1) is 5.56 Å². The summed E-state index contributed by atoms with van der Waals surface area (Å²) in [6.45, 7) is 6.36. The Bertz CT molecular complexity index is 1350. The molecule has 0 aliphatic carbocycles. The lowest BCUT2D eigenvalue weighted by atomic mass is 9.87. The Morgan fingerprint density at radius 3 is 1.92 bits per heavy atom. The van der Waals surface area contributed by atoms with E-state index in [0.717, 1.165) is 0 Å². The van der Waals surface area contributed by atoms with Crippen molar-refractivity contribution in [3.63, 3.8) is 0 Å². The molecule has 36 heavy (non-hydrogen) atoms. The fourth-order valence-electron chi connectivity index (χ4n) is 3.43. The van der Waals surface area contributed by atoms with Gasteiger partial charge in [-0.2, -0.15) is 0 Å². The van der Waals surface area contributed by atoms with Gasteiger partial charge in [-0.05, 0) is 64.6 Å². The van der Waals surface area contributed by atoms with Gasteiger partial charge < -0.3 is 20.1 Å². The molecule has 0 aromatic heterocycles. The van der Waals surface area contributed by atoms with Gasteiger partial charge in [-0.1, -0.05) is 75.4 Å². The van der Waals surface area contributed by atoms with Crippen LogP contribution in [-0.2, 0) is 5.41 Å². The van der Waals surface area contributed by atoms with Crippen molar-refractivity contribution in [2.75, 3.05) is 0 Å². The van der Waals surface area contributed by atoms with E-state index in [1.807, 2.05) is 12.1 Å². The molecule has 6 heteroatoms. The molecule has 4 aromatic carbocycles. The first-order valence-corrected chi connectivity index (χ1v) is 11.3. The van der Waals surface area contributed by atoms with E-state index in [4.69, 9.17) is 9.84 Å². The van der Waals surface area contributed by atoms with Crippen LogP contribution < -0.4 is 4.74 Å². The summed E-state index contributed by atoms with van der Waals surface area (Å²) in [6.07, 6.45) is 0. The highest BCUT2D eigenvalue weighted by Gasteiger charge is 2.15. The number of phenols is 2. The molecule has 0 unspecified atom stereocenters. The van der Waals surface area contributed by atoms with Gasteiger partial charge >= 0.3 is 11.9 Å². The molecule has 184 valence electrons. The minimum absolute atomic E-state index is 0.0558. The van der Waals surface area contributed by atoms with Gasteiger partial charge in [-0.15, -0.1) is 0 Å². The first kappa shape index (κ1) is 26.0. The topological polar surface area (TPSA) is 104 Å². The van der Waals surface area contributed by atoms with E-state index in [1.54, 1.807) is 72.8 Å². The number of rotatable bonds is 4. The summed E-state index contributed by atoms with van der Waals surface area (Å²) in [5.41, 5.74) is 2.91. The summed E-state index contributed by atoms with van der Waals surface area (Å²) in [5, 5.41) is 28.0. The van der Waals surface area contributed by atoms with Gasteiger partial charge in [0, 0.05) is 0 Å². The molecule has 0 aliphatic rings. The quantitative estimate of drug-likeness (QED) is 0.221. The molecule has 0 heterocycles. The minimum atomic E-state index is -0.973. The van der Waals surface area contributed by atoms with Crippen molar-refractivity contribution in [1.82, 2.24) is 0 Å². The van der Waals surface area contributed by atoms with Gasteiger partial charge in [0.2, 0.25) is 0 Å². The maximum atomic E-state index is 11.9. The zero-order valence-corrected chi connectivity index (χ0v) is 20.3. The monoisotopic (exact) mass is 484 g/mol. The maximum absolute atomic E-state index is 11.9. The number of phenolic OH excluding ortho intramolecular Hbond substituents is 2. The Kier molecular flexibility index (Phi) is 8.12. The predicted molar refractivity (Wildman–Crippen MR) is 139 cm³/mol. The molecule has 0 fully saturated rings. The number of ether oxygens (including phenoxy) is 1. The highest BCUT2D eigenvalue weighted by Crippen LogP contribution is 2.27. The van der Waals surface area contributed by atoms with E-state index >= 15 is 0 Å². The van der Waals surface area contributed by atoms with Crippen LogP contribution in [0, 0.1) is 0 Å². The van der Waals surface area contributed by atoms with Gasteiger partial charge in [0.1, 0.15) is 22.8 Å². The van der Waals surface area contributed by atoms with E-state index in [2.05, 4.69) is 20.8 Å². The predicted octanol–water partition coefficient (Wildman–Crippen LogP) is 6.67. The largest absolute Gasteiger partial charge is 0.508 e. The average molecular weight is 485 g/mol. The Morgan fingerprint density at radius 1 is 0.722 bits per heavy atom. The minimum Gasteiger partial charge on any atom is -0.508 e. The van der Waals surface area contributed by atoms with E-state index in [0.29, 0.717) is 16.9 Å². The molecule has 0 bridgehead atoms. The zero-order valence-electron chi connectivity index (χ0n) is 20.3. The third-order valence-electron chi connectivity index (χ3n) is 5.37. The molecular formula is C30H28O6. The summed E-state index contributed by atoms with van der Waals surface area (Å²) in [4.78, 5) is 23.0. The van der Waals surface area contributed by atoms with Crippen LogP contribution in [0.5, 0.6) is 17.2 Å². The second-order valence-electron chi connectivity index (χ2n) is 9.08. The van der Waals surface area contributed by atoms with E-state index < -0.39 is 11.9 Å². The van der Waals surface area contributed by atoms with E-state index in [-0.39, 0.29) is 28.0 Å². The number of carboxylic acid groups (broad SMARTS) is 1. The molecule has 0 saturated heterocycles. The smallest absolute Gasteiger partial charge is 0.347 e. The molecule has 0 saturated carbocycles. The Hall–Kier alpha value is -4.58. The third-order valence-corrected chi connectivity index (χ3v) is 5.37. The van der Waals surface area contributed by atoms with Gasteiger partial charge in [-0.25, -0.2) is 9.59 Å². The number of para-hydroxylation sites is 1. The highest BCUT2D eigenvalue weighted by molar-refractivity contribution is 5.96. The summed E-state index contributed by atoms with van der Waals surface area (Å²) in [7, 11) is 0. The number of aromatic carboxylic acids is 1. The van der Waals surface area contributed by atoms with Crippen molar-refractivity contribution in [1.29, 1.82) is 0 Å². The molecule has 0 spiro atoms. The van der Waals surface area contributed by atoms with Crippen LogP contribution >= 0.6 is 0 Å². The fraction of sp³-hybridized carbons (Fsp3) is 0.133. The first-order valence-electron chi connectivity index (χ1n) is 11.3. The third kappa shape index (κ3) is 6.73. The summed E-state index contributed by atoms with van der Waals surface area (Å²) < 4.78 is 5.25. The van der Waals surface area contributed by atoms with Crippen molar-refractivity contribution in [2.45, 2.75) is 26.2 Å². The number of hydrogen-bond acceptors (Lipinski definition) is 5. The van der Waals surface area contributed by atoms with Crippen molar-refractivity contribution in [2.24, 2.45) is 0 Å². The second kappa shape index (κ2) is 11.2. The van der Waals surface area contributed by atoms with Gasteiger partial charge in [-0.3, -0.25) is 0 Å². The lowest BCUT2D eigenvalue weighted by molar-refractivity contribution is 0.0694. The Morgan fingerprint density at radius 2 is 1.33 bits per heavy atom. The molecule has 6 nitrogen and oxygen atoms in total. The van der Waals surface area contributed by atoms with Crippen molar-refractivity contribution >= 4 is 11.9 Å². The van der Waals surface area contributed by atoms with Crippen LogP contribution in [0.25, 0.3) is 11.1 Å². The normalized spacial score (nSPS) is 10.6. The number of carboxylic acids is 1. The van der Waals surface area contributed by atoms with Crippen LogP contribution in [0.2, 0.25) is 0 Å². The van der Waals surface area contributed by atoms with Crippen LogP contribution in [0.15, 0.2) is 97.1 Å². The van der Waals surface area contributed by atoms with Gasteiger partial charge in [0.15, 0.2) is 0 Å². The molecule has 3 N–H and O–H groups in total. The lowest BCUT2D eigenvalue weighted by Crippen LogP contribution is -2.11.